The second-order valence-electron chi connectivity index (χ2n) is 3.68. The summed E-state index contributed by atoms with van der Waals surface area (Å²) in [7, 11) is -5.43. The third-order valence-electron chi connectivity index (χ3n) is 2.08. The molecule has 0 bridgehead atoms. The standard InChI is InChI=1S/C8H7N3O5.CH3O5P.3Na/c12-8-10(3-4-15-8)9-5-6-1-2-7(16-6)11(13)14;2-1(3)7(4,5)6;;;/h1-2,5H,3-4H2;(H,2,3)(H2,4,5,6);;;/q;;3*+1/p-3. The Morgan fingerprint density at radius 1 is 1.31 bits per heavy atom. The molecule has 2 heterocycles. The molecule has 1 saturated heterocycles. The molecule has 1 aromatic rings. The van der Waals surface area contributed by atoms with E-state index < -0.39 is 24.3 Å². The molecule has 0 aliphatic carbocycles. The summed E-state index contributed by atoms with van der Waals surface area (Å²) in [6.07, 6.45) is 0.678. The number of ether oxygens (including phenoxy) is 1. The Labute approximate surface area is 212 Å². The van der Waals surface area contributed by atoms with E-state index in [0.29, 0.717) is 6.54 Å². The Bertz CT molecular complexity index is 690. The largest absolute Gasteiger partial charge is 1.00 e. The topological polar surface area (TPSA) is 201 Å². The van der Waals surface area contributed by atoms with Crippen LogP contribution in [-0.2, 0) is 9.30 Å². The first kappa shape index (κ1) is 31.0. The van der Waals surface area contributed by atoms with Crippen LogP contribution in [-0.4, -0.2) is 41.1 Å². The van der Waals surface area contributed by atoms with Gasteiger partial charge in [-0.05, 0) is 13.7 Å². The number of cyclic esters (lactones) is 1. The van der Waals surface area contributed by atoms with Crippen LogP contribution in [0.3, 0.4) is 0 Å². The minimum atomic E-state index is -5.43. The summed E-state index contributed by atoms with van der Waals surface area (Å²) in [6, 6.07) is 2.60. The normalized spacial score (nSPS) is 12.7. The molecule has 0 spiro atoms. The van der Waals surface area contributed by atoms with Crippen molar-refractivity contribution >= 4 is 31.5 Å². The van der Waals surface area contributed by atoms with Crippen LogP contribution < -0.4 is 104 Å². The van der Waals surface area contributed by atoms with E-state index in [-0.39, 0.29) is 107 Å². The number of nitrogens with zero attached hydrogens (tertiary/aromatic N) is 3. The molecule has 17 heteroatoms. The molecule has 1 aliphatic rings. The van der Waals surface area contributed by atoms with E-state index >= 15 is 0 Å². The molecule has 0 atom stereocenters. The summed E-state index contributed by atoms with van der Waals surface area (Å²) in [6.45, 7) is 0.645. The van der Waals surface area contributed by atoms with Crippen LogP contribution >= 0.6 is 7.60 Å². The number of furan rings is 1. The van der Waals surface area contributed by atoms with Crippen molar-refractivity contribution < 1.29 is 132 Å². The van der Waals surface area contributed by atoms with Crippen LogP contribution in [0.25, 0.3) is 0 Å². The third-order valence-corrected chi connectivity index (χ3v) is 2.53. The first-order valence-corrected chi connectivity index (χ1v) is 7.11. The maximum absolute atomic E-state index is 11.0. The van der Waals surface area contributed by atoms with Gasteiger partial charge >= 0.3 is 101 Å². The maximum Gasteiger partial charge on any atom is 1.00 e. The van der Waals surface area contributed by atoms with Crippen LogP contribution in [0.5, 0.6) is 0 Å². The smallest absolute Gasteiger partial charge is 0.807 e. The van der Waals surface area contributed by atoms with Gasteiger partial charge in [-0.2, -0.15) is 10.1 Å². The van der Waals surface area contributed by atoms with Gasteiger partial charge in [0.2, 0.25) is 0 Å². The van der Waals surface area contributed by atoms with Gasteiger partial charge in [-0.25, -0.2) is 4.79 Å². The van der Waals surface area contributed by atoms with Crippen molar-refractivity contribution in [3.8, 4) is 0 Å². The molecule has 0 unspecified atom stereocenters. The Balaban J connectivity index is -0.000000464. The fraction of sp³-hybridized carbons (Fsp3) is 0.222. The molecule has 126 valence electrons. The van der Waals surface area contributed by atoms with Crippen molar-refractivity contribution in [1.82, 2.24) is 5.01 Å². The Morgan fingerprint density at radius 3 is 2.19 bits per heavy atom. The number of carbonyl (C=O) groups excluding carboxylic acids is 2. The molecule has 1 aromatic heterocycles. The first-order valence-electron chi connectivity index (χ1n) is 5.57. The molecule has 0 aromatic carbocycles. The van der Waals surface area contributed by atoms with Gasteiger partial charge in [0.25, 0.3) is 0 Å². The predicted octanol–water partition coefficient (Wildman–Crippen LogP) is -10.8. The van der Waals surface area contributed by atoms with E-state index in [2.05, 4.69) is 9.84 Å². The van der Waals surface area contributed by atoms with Crippen LogP contribution in [0, 0.1) is 10.1 Å². The van der Waals surface area contributed by atoms with Crippen molar-refractivity contribution in [3.05, 3.63) is 28.0 Å². The Morgan fingerprint density at radius 2 is 1.85 bits per heavy atom. The zero-order valence-corrected chi connectivity index (χ0v) is 20.9. The van der Waals surface area contributed by atoms with Crippen molar-refractivity contribution in [3.63, 3.8) is 0 Å². The number of carboxylic acid groups (broad SMARTS) is 1. The van der Waals surface area contributed by atoms with Crippen LogP contribution in [0.4, 0.5) is 15.5 Å². The van der Waals surface area contributed by atoms with Crippen molar-refractivity contribution in [1.29, 1.82) is 0 Å². The van der Waals surface area contributed by atoms with Gasteiger partial charge in [0.05, 0.1) is 24.5 Å². The molecule has 1 fully saturated rings. The van der Waals surface area contributed by atoms with Gasteiger partial charge in [-0.15, -0.1) is 0 Å². The molecule has 26 heavy (non-hydrogen) atoms. The second-order valence-corrected chi connectivity index (χ2v) is 5.04. The van der Waals surface area contributed by atoms with E-state index in [0.717, 1.165) is 5.01 Å². The van der Waals surface area contributed by atoms with Gasteiger partial charge in [0.1, 0.15) is 11.5 Å². The third kappa shape index (κ3) is 11.2. The van der Waals surface area contributed by atoms with Gasteiger partial charge < -0.3 is 33.4 Å². The van der Waals surface area contributed by atoms with E-state index in [9.17, 15) is 14.9 Å². The zero-order valence-electron chi connectivity index (χ0n) is 14.0. The fourth-order valence-electron chi connectivity index (χ4n) is 1.13. The Kier molecular flexibility index (Phi) is 17.0. The quantitative estimate of drug-likeness (QED) is 0.149. The number of amides is 1. The van der Waals surface area contributed by atoms with Gasteiger partial charge in [0, 0.05) is 0 Å². The second kappa shape index (κ2) is 14.3. The summed E-state index contributed by atoms with van der Waals surface area (Å²) in [5, 5.41) is 24.2. The molecule has 0 saturated carbocycles. The van der Waals surface area contributed by atoms with Gasteiger partial charge in [0.15, 0.2) is 5.76 Å². The molecule has 2 rings (SSSR count). The summed E-state index contributed by atoms with van der Waals surface area (Å²) < 4.78 is 18.6. The molecular weight excluding hydrogens is 410 g/mol. The summed E-state index contributed by atoms with van der Waals surface area (Å²) in [4.78, 5) is 47.9. The minimum Gasteiger partial charge on any atom is -0.807 e. The summed E-state index contributed by atoms with van der Waals surface area (Å²) in [5.74, 6) is -0.170. The molecular formula is C9H7N3Na3O10P. The monoisotopic (exact) mass is 417 g/mol. The van der Waals surface area contributed by atoms with Gasteiger partial charge in [-0.3, -0.25) is 10.1 Å². The van der Waals surface area contributed by atoms with E-state index in [1.54, 1.807) is 0 Å². The molecule has 1 aliphatic heterocycles. The first-order chi connectivity index (χ1) is 10.6. The molecule has 0 radical (unpaired) electrons. The van der Waals surface area contributed by atoms with Gasteiger partial charge in [-0.1, -0.05) is 0 Å². The minimum absolute atomic E-state index is 0. The average molecular weight is 417 g/mol. The SMILES string of the molecule is O=C([O-])P(=O)([O-])[O-].O=C1OCCN1N=Cc1ccc([N+](=O)[O-])o1.[Na+].[Na+].[Na+]. The van der Waals surface area contributed by atoms with E-state index in [1.807, 2.05) is 0 Å². The number of hydrazone groups is 1. The maximum atomic E-state index is 11.0. The average Bonchev–Trinajstić information content (AvgIpc) is 3.05. The van der Waals surface area contributed by atoms with Crippen molar-refractivity contribution in [2.24, 2.45) is 5.10 Å². The molecule has 1 amide bonds. The number of hydrogen-bond donors (Lipinski definition) is 0. The number of rotatable bonds is 4. The summed E-state index contributed by atoms with van der Waals surface area (Å²) in [5.41, 5.74) is -2.56. The van der Waals surface area contributed by atoms with Crippen molar-refractivity contribution in [2.45, 2.75) is 0 Å². The molecule has 0 N–H and O–H groups in total. The number of carbonyl (C=O) groups is 2. The summed E-state index contributed by atoms with van der Waals surface area (Å²) >= 11 is 0. The number of nitro groups is 1. The number of hydrogen-bond acceptors (Lipinski definition) is 11. The van der Waals surface area contributed by atoms with Crippen LogP contribution in [0.2, 0.25) is 0 Å². The van der Waals surface area contributed by atoms with E-state index in [4.69, 9.17) is 28.7 Å². The van der Waals surface area contributed by atoms with Crippen LogP contribution in [0.15, 0.2) is 21.7 Å². The van der Waals surface area contributed by atoms with E-state index in [1.165, 1.54) is 18.3 Å². The Hall–Kier alpha value is 0.240. The molecule has 13 nitrogen and oxygen atoms in total. The van der Waals surface area contributed by atoms with Crippen LogP contribution in [0.1, 0.15) is 5.76 Å². The fourth-order valence-corrected chi connectivity index (χ4v) is 1.13. The van der Waals surface area contributed by atoms with Crippen molar-refractivity contribution in [2.75, 3.05) is 13.2 Å². The zero-order chi connectivity index (χ0) is 17.6. The predicted molar refractivity (Wildman–Crippen MR) is 64.0 cm³/mol.